The fourth-order valence-electron chi connectivity index (χ4n) is 3.41. The quantitative estimate of drug-likeness (QED) is 0.488. The van der Waals surface area contributed by atoms with Gasteiger partial charge in [0.1, 0.15) is 0 Å². The number of aliphatic hydroxyl groups is 1. The molecular formula is C29H61N5O2. The van der Waals surface area contributed by atoms with Gasteiger partial charge in [0.05, 0.1) is 11.2 Å². The Balaban J connectivity index is 0. The van der Waals surface area contributed by atoms with Crippen LogP contribution in [0.1, 0.15) is 115 Å². The molecule has 7 nitrogen and oxygen atoms in total. The first-order valence-electron chi connectivity index (χ1n) is 14.2. The zero-order valence-corrected chi connectivity index (χ0v) is 26.4. The lowest BCUT2D eigenvalue weighted by atomic mass is 9.67. The highest BCUT2D eigenvalue weighted by molar-refractivity contribution is 5.76. The molecule has 2 rings (SSSR count). The maximum absolute atomic E-state index is 11.7. The van der Waals surface area contributed by atoms with Crippen LogP contribution in [0.15, 0.2) is 6.20 Å². The summed E-state index contributed by atoms with van der Waals surface area (Å²) in [7, 11) is 0. The maximum Gasteiger partial charge on any atom is 0.222 e. The summed E-state index contributed by atoms with van der Waals surface area (Å²) in [5.74, 6) is 0.808. The van der Waals surface area contributed by atoms with Gasteiger partial charge in [0.25, 0.3) is 0 Å². The zero-order chi connectivity index (χ0) is 28.7. The summed E-state index contributed by atoms with van der Waals surface area (Å²) in [4.78, 5) is 16.1. The van der Waals surface area contributed by atoms with Crippen molar-refractivity contribution in [2.45, 2.75) is 121 Å². The van der Waals surface area contributed by atoms with Gasteiger partial charge in [-0.25, -0.2) is 4.68 Å². The molecule has 1 fully saturated rings. The number of hydrogen-bond donors (Lipinski definition) is 1. The lowest BCUT2D eigenvalue weighted by Gasteiger charge is -2.37. The van der Waals surface area contributed by atoms with Crippen LogP contribution in [0.25, 0.3) is 0 Å². The Bertz CT molecular complexity index is 697. The lowest BCUT2D eigenvalue weighted by Crippen LogP contribution is -2.48. The summed E-state index contributed by atoms with van der Waals surface area (Å²) in [5.41, 5.74) is 0.879. The summed E-state index contributed by atoms with van der Waals surface area (Å²) in [5, 5.41) is 17.7. The highest BCUT2D eigenvalue weighted by Gasteiger charge is 2.37. The summed E-state index contributed by atoms with van der Waals surface area (Å²) >= 11 is 0. The number of likely N-dealkylation sites (N-methyl/N-ethyl adjacent to an activating group) is 1. The van der Waals surface area contributed by atoms with Gasteiger partial charge in [0.2, 0.25) is 5.91 Å². The number of hydrogen-bond acceptors (Lipinski definition) is 5. The maximum atomic E-state index is 11.7. The predicted octanol–water partition coefficient (Wildman–Crippen LogP) is 5.97. The number of rotatable bonds is 7. The second-order valence-electron chi connectivity index (χ2n) is 11.6. The van der Waals surface area contributed by atoms with Gasteiger partial charge >= 0.3 is 0 Å². The fraction of sp³-hybridized carbons (Fsp3) is 0.897. The molecule has 1 aromatic heterocycles. The number of aliphatic hydroxyl groups excluding tert-OH is 1. The van der Waals surface area contributed by atoms with Crippen LogP contribution < -0.4 is 0 Å². The molecule has 2 heterocycles. The van der Waals surface area contributed by atoms with E-state index in [0.717, 1.165) is 38.4 Å². The summed E-state index contributed by atoms with van der Waals surface area (Å²) in [6.45, 7) is 34.7. The third kappa shape index (κ3) is 11.7. The van der Waals surface area contributed by atoms with E-state index < -0.39 is 0 Å². The van der Waals surface area contributed by atoms with Crippen LogP contribution in [0, 0.1) is 11.3 Å². The van der Waals surface area contributed by atoms with Crippen LogP contribution in [0.5, 0.6) is 0 Å². The smallest absolute Gasteiger partial charge is 0.222 e. The van der Waals surface area contributed by atoms with Crippen molar-refractivity contribution in [1.82, 2.24) is 24.8 Å². The van der Waals surface area contributed by atoms with Crippen LogP contribution in [-0.2, 0) is 15.7 Å². The average Bonchev–Trinajstić information content (AvgIpc) is 3.33. The van der Waals surface area contributed by atoms with E-state index in [0.29, 0.717) is 24.7 Å². The van der Waals surface area contributed by atoms with Crippen molar-refractivity contribution in [2.24, 2.45) is 11.3 Å². The van der Waals surface area contributed by atoms with E-state index in [9.17, 15) is 4.79 Å². The second kappa shape index (κ2) is 17.1. The number of nitrogens with zero attached hydrogens (tertiary/aromatic N) is 5. The first-order chi connectivity index (χ1) is 16.7. The SMILES string of the molecule is CC.CC.CC(C)(CCO)n1cc(C(C)(C)C(C)(C)C)nn1.CCN1CCN(C(=O)CC(C)C)CC1. The minimum atomic E-state index is -0.200. The third-order valence-electron chi connectivity index (χ3n) is 7.11. The Morgan fingerprint density at radius 1 is 0.972 bits per heavy atom. The third-order valence-corrected chi connectivity index (χ3v) is 7.11. The molecule has 1 aliphatic rings. The molecule has 0 unspecified atom stereocenters. The summed E-state index contributed by atoms with van der Waals surface area (Å²) in [6, 6.07) is 0. The van der Waals surface area contributed by atoms with Gasteiger partial charge in [-0.3, -0.25) is 4.79 Å². The lowest BCUT2D eigenvalue weighted by molar-refractivity contribution is -0.133. The van der Waals surface area contributed by atoms with Crippen molar-refractivity contribution in [2.75, 3.05) is 39.3 Å². The molecule has 214 valence electrons. The second-order valence-corrected chi connectivity index (χ2v) is 11.6. The zero-order valence-electron chi connectivity index (χ0n) is 26.4. The van der Waals surface area contributed by atoms with E-state index in [1.54, 1.807) is 0 Å². The number of piperazine rings is 1. The molecule has 0 bridgehead atoms. The van der Waals surface area contributed by atoms with Crippen molar-refractivity contribution in [1.29, 1.82) is 0 Å². The van der Waals surface area contributed by atoms with Gasteiger partial charge < -0.3 is 14.9 Å². The summed E-state index contributed by atoms with van der Waals surface area (Å²) in [6.07, 6.45) is 3.39. The predicted molar refractivity (Wildman–Crippen MR) is 154 cm³/mol. The van der Waals surface area contributed by atoms with Gasteiger partial charge in [-0.15, -0.1) is 5.10 Å². The number of carbonyl (C=O) groups excluding carboxylic acids is 1. The van der Waals surface area contributed by atoms with E-state index in [4.69, 9.17) is 5.11 Å². The Morgan fingerprint density at radius 3 is 1.86 bits per heavy atom. The Labute approximate surface area is 224 Å². The van der Waals surface area contributed by atoms with E-state index in [1.165, 1.54) is 0 Å². The van der Waals surface area contributed by atoms with Gasteiger partial charge in [0, 0.05) is 50.8 Å². The first kappa shape index (κ1) is 36.7. The van der Waals surface area contributed by atoms with Crippen molar-refractivity contribution in [3.05, 3.63) is 11.9 Å². The normalized spacial score (nSPS) is 14.7. The van der Waals surface area contributed by atoms with Crippen LogP contribution >= 0.6 is 0 Å². The van der Waals surface area contributed by atoms with E-state index >= 15 is 0 Å². The molecular weight excluding hydrogens is 450 g/mol. The van der Waals surface area contributed by atoms with Crippen molar-refractivity contribution in [3.8, 4) is 0 Å². The molecule has 0 aliphatic carbocycles. The van der Waals surface area contributed by atoms with Crippen LogP contribution in [0.2, 0.25) is 0 Å². The molecule has 0 saturated carbocycles. The average molecular weight is 512 g/mol. The number of carbonyl (C=O) groups is 1. The topological polar surface area (TPSA) is 74.5 Å². The van der Waals surface area contributed by atoms with E-state index in [2.05, 4.69) is 84.4 Å². The molecule has 7 heteroatoms. The van der Waals surface area contributed by atoms with Gasteiger partial charge in [-0.1, -0.05) is 88.3 Å². The Kier molecular flexibility index (Phi) is 17.4. The fourth-order valence-corrected chi connectivity index (χ4v) is 3.41. The van der Waals surface area contributed by atoms with Gasteiger partial charge in [0.15, 0.2) is 0 Å². The van der Waals surface area contributed by atoms with E-state index in [1.807, 2.05) is 43.5 Å². The van der Waals surface area contributed by atoms with Gasteiger partial charge in [-0.05, 0) is 38.1 Å². The molecule has 1 aromatic rings. The molecule has 1 N–H and O–H groups in total. The molecule has 1 saturated heterocycles. The van der Waals surface area contributed by atoms with Crippen LogP contribution in [0.4, 0.5) is 0 Å². The van der Waals surface area contributed by atoms with Crippen molar-refractivity contribution < 1.29 is 9.90 Å². The van der Waals surface area contributed by atoms with Crippen molar-refractivity contribution >= 4 is 5.91 Å². The molecule has 0 radical (unpaired) electrons. The van der Waals surface area contributed by atoms with Crippen LogP contribution in [0.3, 0.4) is 0 Å². The number of aromatic nitrogens is 3. The highest BCUT2D eigenvalue weighted by atomic mass is 16.3. The molecule has 1 aliphatic heterocycles. The molecule has 1 amide bonds. The number of amides is 1. The monoisotopic (exact) mass is 511 g/mol. The Morgan fingerprint density at radius 2 is 1.47 bits per heavy atom. The van der Waals surface area contributed by atoms with Crippen LogP contribution in [-0.4, -0.2) is 75.1 Å². The standard InChI is InChI=1S/C14H27N3O.C11H22N2O.2C2H6/c1-12(2,3)14(6,7)11-10-17(16-15-11)13(4,5)8-9-18;1-4-12-5-7-13(8-6-12)11(14)9-10(2)3;2*1-2/h10,18H,8-9H2,1-7H3;10H,4-9H2,1-3H3;2*1-2H3. The molecule has 0 aromatic carbocycles. The van der Waals surface area contributed by atoms with E-state index in [-0.39, 0.29) is 23.0 Å². The highest BCUT2D eigenvalue weighted by Crippen LogP contribution is 2.40. The van der Waals surface area contributed by atoms with Gasteiger partial charge in [-0.2, -0.15) is 0 Å². The molecule has 0 atom stereocenters. The first-order valence-corrected chi connectivity index (χ1v) is 14.2. The molecule has 36 heavy (non-hydrogen) atoms. The minimum Gasteiger partial charge on any atom is -0.396 e. The minimum absolute atomic E-state index is 0.0411. The molecule has 0 spiro atoms. The summed E-state index contributed by atoms with van der Waals surface area (Å²) < 4.78 is 1.87. The largest absolute Gasteiger partial charge is 0.396 e. The van der Waals surface area contributed by atoms with Crippen molar-refractivity contribution in [3.63, 3.8) is 0 Å². The Hall–Kier alpha value is -1.47.